The van der Waals surface area contributed by atoms with Crippen LogP contribution in [0.15, 0.2) is 53.3 Å². The van der Waals surface area contributed by atoms with Gasteiger partial charge in [-0.25, -0.2) is 8.78 Å². The first kappa shape index (κ1) is 17.8. The molecule has 1 aromatic rings. The van der Waals surface area contributed by atoms with Crippen LogP contribution in [-0.2, 0) is 6.42 Å². The molecule has 0 radical (unpaired) electrons. The fourth-order valence-electron chi connectivity index (χ4n) is 2.03. The van der Waals surface area contributed by atoms with Crippen LogP contribution >= 0.6 is 0 Å². The van der Waals surface area contributed by atoms with E-state index < -0.39 is 11.6 Å². The molecule has 0 amide bonds. The van der Waals surface area contributed by atoms with E-state index in [9.17, 15) is 8.78 Å². The molecule has 0 fully saturated rings. The highest BCUT2D eigenvalue weighted by Crippen LogP contribution is 2.15. The van der Waals surface area contributed by atoms with E-state index in [1.807, 2.05) is 13.0 Å². The Bertz CT molecular complexity index is 614. The van der Waals surface area contributed by atoms with Crippen molar-refractivity contribution >= 4 is 6.21 Å². The largest absolute Gasteiger partial charge is 0.399 e. The van der Waals surface area contributed by atoms with Gasteiger partial charge in [-0.1, -0.05) is 36.8 Å². The summed E-state index contributed by atoms with van der Waals surface area (Å²) in [6, 6.07) is 4.03. The first-order valence-electron chi connectivity index (χ1n) is 7.23. The predicted molar refractivity (Wildman–Crippen MR) is 87.9 cm³/mol. The molecular weight excluding hydrogens is 282 g/mol. The lowest BCUT2D eigenvalue weighted by Gasteiger charge is -2.05. The van der Waals surface area contributed by atoms with Gasteiger partial charge in [0, 0.05) is 18.3 Å². The molecule has 2 nitrogen and oxygen atoms in total. The van der Waals surface area contributed by atoms with Crippen LogP contribution in [-0.4, -0.2) is 6.21 Å². The molecule has 3 N–H and O–H groups in total. The summed E-state index contributed by atoms with van der Waals surface area (Å²) in [5.41, 5.74) is 8.37. The Kier molecular flexibility index (Phi) is 7.23. The second kappa shape index (κ2) is 8.93. The van der Waals surface area contributed by atoms with Crippen molar-refractivity contribution in [1.82, 2.24) is 0 Å². The van der Waals surface area contributed by atoms with Crippen molar-refractivity contribution in [3.63, 3.8) is 0 Å². The summed E-state index contributed by atoms with van der Waals surface area (Å²) >= 11 is 0. The summed E-state index contributed by atoms with van der Waals surface area (Å²) in [6.07, 6.45) is 8.54. The first-order valence-corrected chi connectivity index (χ1v) is 7.23. The molecule has 4 heteroatoms. The third-order valence-electron chi connectivity index (χ3n) is 3.18. The van der Waals surface area contributed by atoms with Gasteiger partial charge in [-0.05, 0) is 43.0 Å². The second-order valence-corrected chi connectivity index (χ2v) is 5.12. The van der Waals surface area contributed by atoms with Gasteiger partial charge >= 0.3 is 0 Å². The topological polar surface area (TPSA) is 49.9 Å². The molecule has 0 heterocycles. The number of nitrogens with two attached hydrogens (primary N) is 1. The fourth-order valence-corrected chi connectivity index (χ4v) is 2.03. The fraction of sp³-hybridized carbons (Fsp3) is 0.278. The molecule has 0 atom stereocenters. The van der Waals surface area contributed by atoms with Gasteiger partial charge in [-0.2, -0.15) is 0 Å². The lowest BCUT2D eigenvalue weighted by Crippen LogP contribution is -2.01. The van der Waals surface area contributed by atoms with Crippen molar-refractivity contribution in [2.45, 2.75) is 33.1 Å². The van der Waals surface area contributed by atoms with Crippen LogP contribution in [0.25, 0.3) is 0 Å². The van der Waals surface area contributed by atoms with E-state index in [1.165, 1.54) is 17.7 Å². The second-order valence-electron chi connectivity index (χ2n) is 5.12. The molecular formula is C18H22F2N2. The van der Waals surface area contributed by atoms with E-state index >= 15 is 0 Å². The van der Waals surface area contributed by atoms with Crippen LogP contribution in [0.3, 0.4) is 0 Å². The average molecular weight is 304 g/mol. The molecule has 1 rings (SSSR count). The van der Waals surface area contributed by atoms with Crippen LogP contribution in [0.4, 0.5) is 8.78 Å². The quantitative estimate of drug-likeness (QED) is 0.429. The average Bonchev–Trinajstić information content (AvgIpc) is 2.49. The van der Waals surface area contributed by atoms with Gasteiger partial charge in [0.15, 0.2) is 11.6 Å². The molecule has 1 aromatic carbocycles. The van der Waals surface area contributed by atoms with E-state index in [2.05, 4.69) is 13.0 Å². The minimum absolute atomic E-state index is 0.130. The highest BCUT2D eigenvalue weighted by Gasteiger charge is 2.08. The summed E-state index contributed by atoms with van der Waals surface area (Å²) in [7, 11) is 0. The Morgan fingerprint density at radius 1 is 1.27 bits per heavy atom. The SMILES string of the molecule is CC/C=C(/C)C/C=C(N)/C=C(\C=N)Cc1cccc(F)c1F. The Morgan fingerprint density at radius 2 is 2.00 bits per heavy atom. The first-order chi connectivity index (χ1) is 10.5. The van der Waals surface area contributed by atoms with Gasteiger partial charge in [0.05, 0.1) is 0 Å². The van der Waals surface area contributed by atoms with Gasteiger partial charge in [0.1, 0.15) is 0 Å². The van der Waals surface area contributed by atoms with Crippen molar-refractivity contribution in [1.29, 1.82) is 5.41 Å². The Labute approximate surface area is 130 Å². The summed E-state index contributed by atoms with van der Waals surface area (Å²) in [4.78, 5) is 0. The van der Waals surface area contributed by atoms with Crippen molar-refractivity contribution < 1.29 is 8.78 Å². The van der Waals surface area contributed by atoms with Crippen LogP contribution in [0, 0.1) is 17.0 Å². The number of benzene rings is 1. The lowest BCUT2D eigenvalue weighted by molar-refractivity contribution is 0.501. The van der Waals surface area contributed by atoms with Gasteiger partial charge in [-0.15, -0.1) is 0 Å². The van der Waals surface area contributed by atoms with Crippen molar-refractivity contribution in [3.8, 4) is 0 Å². The summed E-state index contributed by atoms with van der Waals surface area (Å²) < 4.78 is 26.8. The predicted octanol–water partition coefficient (Wildman–Crippen LogP) is 4.67. The zero-order valence-corrected chi connectivity index (χ0v) is 13.0. The maximum absolute atomic E-state index is 13.6. The minimum atomic E-state index is -0.884. The van der Waals surface area contributed by atoms with E-state index in [1.54, 1.807) is 6.08 Å². The molecule has 0 spiro atoms. The van der Waals surface area contributed by atoms with E-state index in [0.717, 1.165) is 25.1 Å². The third-order valence-corrected chi connectivity index (χ3v) is 3.18. The van der Waals surface area contributed by atoms with Crippen LogP contribution in [0.5, 0.6) is 0 Å². The normalized spacial score (nSPS) is 13.4. The molecule has 0 unspecified atom stereocenters. The molecule has 0 saturated heterocycles. The van der Waals surface area contributed by atoms with Crippen molar-refractivity contribution in [3.05, 3.63) is 70.5 Å². The summed E-state index contributed by atoms with van der Waals surface area (Å²) in [6.45, 7) is 4.09. The van der Waals surface area contributed by atoms with Gasteiger partial charge in [-0.3, -0.25) is 0 Å². The lowest BCUT2D eigenvalue weighted by atomic mass is 10.0. The molecule has 0 bridgehead atoms. The van der Waals surface area contributed by atoms with Gasteiger partial charge < -0.3 is 11.1 Å². The molecule has 118 valence electrons. The number of halogens is 2. The maximum atomic E-state index is 13.6. The van der Waals surface area contributed by atoms with Gasteiger partial charge in [0.2, 0.25) is 0 Å². The zero-order chi connectivity index (χ0) is 16.5. The van der Waals surface area contributed by atoms with E-state index in [0.29, 0.717) is 11.3 Å². The number of rotatable bonds is 7. The van der Waals surface area contributed by atoms with Gasteiger partial charge in [0.25, 0.3) is 0 Å². The molecule has 0 aromatic heterocycles. The highest BCUT2D eigenvalue weighted by atomic mass is 19.2. The monoisotopic (exact) mass is 304 g/mol. The van der Waals surface area contributed by atoms with E-state index in [4.69, 9.17) is 11.1 Å². The Hall–Kier alpha value is -2.23. The minimum Gasteiger partial charge on any atom is -0.399 e. The van der Waals surface area contributed by atoms with Crippen LogP contribution in [0.2, 0.25) is 0 Å². The molecule has 0 saturated carbocycles. The number of hydrogen-bond donors (Lipinski definition) is 2. The standard InChI is InChI=1S/C18H22F2N2/c1-3-5-13(2)8-9-16(22)11-14(12-21)10-15-6-4-7-17(19)18(15)20/h4-7,9,11-12,21H,3,8,10,22H2,1-2H3/b13-5-,14-11-,16-9-,21-12?. The Balaban J connectivity index is 2.86. The third kappa shape index (κ3) is 5.64. The summed E-state index contributed by atoms with van der Waals surface area (Å²) in [5, 5.41) is 7.41. The van der Waals surface area contributed by atoms with Crippen LogP contribution in [0.1, 0.15) is 32.3 Å². The molecule has 0 aliphatic rings. The molecule has 0 aliphatic heterocycles. The number of allylic oxidation sites excluding steroid dienone is 5. The smallest absolute Gasteiger partial charge is 0.162 e. The maximum Gasteiger partial charge on any atom is 0.162 e. The van der Waals surface area contributed by atoms with Crippen molar-refractivity contribution in [2.75, 3.05) is 0 Å². The molecule has 0 aliphatic carbocycles. The zero-order valence-electron chi connectivity index (χ0n) is 13.0. The number of nitrogens with one attached hydrogen (secondary N) is 1. The van der Waals surface area contributed by atoms with E-state index in [-0.39, 0.29) is 12.0 Å². The van der Waals surface area contributed by atoms with Crippen molar-refractivity contribution in [2.24, 2.45) is 5.73 Å². The van der Waals surface area contributed by atoms with Crippen LogP contribution < -0.4 is 5.73 Å². The number of hydrogen-bond acceptors (Lipinski definition) is 2. The highest BCUT2D eigenvalue weighted by molar-refractivity contribution is 5.77. The molecule has 22 heavy (non-hydrogen) atoms. The Morgan fingerprint density at radius 3 is 2.64 bits per heavy atom. The summed E-state index contributed by atoms with van der Waals surface area (Å²) in [5.74, 6) is -1.76.